The number of hydrogen-bond acceptors (Lipinski definition) is 6. The highest BCUT2D eigenvalue weighted by molar-refractivity contribution is 6.30. The van der Waals surface area contributed by atoms with Crippen LogP contribution in [0.4, 0.5) is 0 Å². The molecule has 1 atom stereocenters. The standard InChI is InChI=1S/C29H29ClN2O7/c1-16-15-38-24-14-25-22(13-21(16)24)17(2)20(29(37)39-25)9-10-26(33)32-23(12-18-5-7-19(30)8-6-18)28(36)31-11-3-4-27(34)35/h5-8,13-15,23H,3-4,9-12H2,1-2H3,(H,31,36)(H,32,33)(H,34,35)/t23-/m1/s1. The molecule has 0 saturated carbocycles. The molecule has 3 N–H and O–H groups in total. The van der Waals surface area contributed by atoms with Crippen molar-refractivity contribution in [3.05, 3.63) is 80.4 Å². The summed E-state index contributed by atoms with van der Waals surface area (Å²) in [6, 6.07) is 9.64. The minimum absolute atomic E-state index is 0.0342. The average molecular weight is 553 g/mol. The Morgan fingerprint density at radius 2 is 1.77 bits per heavy atom. The molecule has 0 aliphatic carbocycles. The summed E-state index contributed by atoms with van der Waals surface area (Å²) in [6.45, 7) is 3.92. The minimum atomic E-state index is -0.951. The first-order valence-electron chi connectivity index (χ1n) is 12.6. The van der Waals surface area contributed by atoms with Crippen LogP contribution in [0, 0.1) is 13.8 Å². The van der Waals surface area contributed by atoms with Crippen LogP contribution in [-0.4, -0.2) is 35.5 Å². The molecule has 9 nitrogen and oxygen atoms in total. The Labute approximate surface area is 229 Å². The zero-order valence-electron chi connectivity index (χ0n) is 21.6. The summed E-state index contributed by atoms with van der Waals surface area (Å²) < 4.78 is 11.1. The van der Waals surface area contributed by atoms with E-state index in [1.54, 1.807) is 36.6 Å². The van der Waals surface area contributed by atoms with Gasteiger partial charge in [-0.3, -0.25) is 14.4 Å². The molecular formula is C29H29ClN2O7. The van der Waals surface area contributed by atoms with E-state index in [1.807, 2.05) is 19.9 Å². The molecular weight excluding hydrogens is 524 g/mol. The normalized spacial score (nSPS) is 12.0. The zero-order chi connectivity index (χ0) is 28.1. The van der Waals surface area contributed by atoms with Crippen molar-refractivity contribution in [2.24, 2.45) is 0 Å². The molecule has 2 heterocycles. The summed E-state index contributed by atoms with van der Waals surface area (Å²) in [5.41, 5.74) is 3.39. The van der Waals surface area contributed by atoms with Crippen LogP contribution in [0.3, 0.4) is 0 Å². The van der Waals surface area contributed by atoms with Gasteiger partial charge in [-0.25, -0.2) is 4.79 Å². The number of benzene rings is 2. The number of rotatable bonds is 11. The van der Waals surface area contributed by atoms with E-state index in [4.69, 9.17) is 25.5 Å². The van der Waals surface area contributed by atoms with Crippen molar-refractivity contribution in [1.29, 1.82) is 0 Å². The Kier molecular flexibility index (Phi) is 8.71. The molecule has 0 aliphatic heterocycles. The van der Waals surface area contributed by atoms with E-state index in [0.717, 1.165) is 27.5 Å². The Morgan fingerprint density at radius 1 is 1.03 bits per heavy atom. The van der Waals surface area contributed by atoms with Gasteiger partial charge in [-0.1, -0.05) is 23.7 Å². The largest absolute Gasteiger partial charge is 0.481 e. The predicted octanol–water partition coefficient (Wildman–Crippen LogP) is 4.45. The lowest BCUT2D eigenvalue weighted by Crippen LogP contribution is -2.48. The van der Waals surface area contributed by atoms with Crippen molar-refractivity contribution >= 4 is 51.3 Å². The number of furan rings is 1. The van der Waals surface area contributed by atoms with Gasteiger partial charge in [0.1, 0.15) is 17.2 Å². The highest BCUT2D eigenvalue weighted by Crippen LogP contribution is 2.29. The second-order valence-corrected chi connectivity index (χ2v) is 9.93. The van der Waals surface area contributed by atoms with Gasteiger partial charge in [0.25, 0.3) is 0 Å². The number of fused-ring (bicyclic) bond motifs is 2. The Balaban J connectivity index is 1.47. The summed E-state index contributed by atoms with van der Waals surface area (Å²) in [4.78, 5) is 49.3. The van der Waals surface area contributed by atoms with Crippen LogP contribution in [0.5, 0.6) is 0 Å². The summed E-state index contributed by atoms with van der Waals surface area (Å²) in [5.74, 6) is -1.78. The maximum atomic E-state index is 12.9. The number of nitrogens with one attached hydrogen (secondary N) is 2. The van der Waals surface area contributed by atoms with Crippen LogP contribution in [-0.2, 0) is 27.2 Å². The highest BCUT2D eigenvalue weighted by Gasteiger charge is 2.22. The Morgan fingerprint density at radius 3 is 2.49 bits per heavy atom. The molecule has 0 unspecified atom stereocenters. The highest BCUT2D eigenvalue weighted by atomic mass is 35.5. The van der Waals surface area contributed by atoms with Crippen molar-refractivity contribution in [2.75, 3.05) is 6.54 Å². The fourth-order valence-corrected chi connectivity index (χ4v) is 4.60. The van der Waals surface area contributed by atoms with Crippen LogP contribution in [0.1, 0.15) is 41.5 Å². The molecule has 0 radical (unpaired) electrons. The SMILES string of the molecule is Cc1coc2cc3oc(=O)c(CCC(=O)N[C@H](Cc4ccc(Cl)cc4)C(=O)NCCCC(=O)O)c(C)c3cc12. The molecule has 2 aromatic carbocycles. The maximum absolute atomic E-state index is 12.9. The number of carboxylic acids is 1. The van der Waals surface area contributed by atoms with E-state index in [0.29, 0.717) is 21.8 Å². The minimum Gasteiger partial charge on any atom is -0.481 e. The lowest BCUT2D eigenvalue weighted by molar-refractivity contribution is -0.137. The van der Waals surface area contributed by atoms with Gasteiger partial charge >= 0.3 is 11.6 Å². The van der Waals surface area contributed by atoms with E-state index in [-0.39, 0.29) is 38.6 Å². The second-order valence-electron chi connectivity index (χ2n) is 9.50. The van der Waals surface area contributed by atoms with Gasteiger partial charge in [-0.05, 0) is 61.6 Å². The molecule has 2 amide bonds. The molecule has 10 heteroatoms. The molecule has 2 aromatic heterocycles. The molecule has 204 valence electrons. The van der Waals surface area contributed by atoms with Crippen LogP contribution in [0.25, 0.3) is 21.9 Å². The quantitative estimate of drug-likeness (QED) is 0.184. The lowest BCUT2D eigenvalue weighted by atomic mass is 10.00. The van der Waals surface area contributed by atoms with Gasteiger partial charge in [0.15, 0.2) is 0 Å². The van der Waals surface area contributed by atoms with Crippen molar-refractivity contribution in [2.45, 2.75) is 52.0 Å². The van der Waals surface area contributed by atoms with E-state index < -0.39 is 29.5 Å². The van der Waals surface area contributed by atoms with Crippen LogP contribution >= 0.6 is 11.6 Å². The average Bonchev–Trinajstić information content (AvgIpc) is 3.25. The summed E-state index contributed by atoms with van der Waals surface area (Å²) >= 11 is 5.96. The molecule has 0 aliphatic rings. The van der Waals surface area contributed by atoms with Crippen LogP contribution < -0.4 is 16.3 Å². The molecule has 0 bridgehead atoms. The van der Waals surface area contributed by atoms with Crippen LogP contribution in [0.2, 0.25) is 5.02 Å². The first-order valence-corrected chi connectivity index (χ1v) is 13.0. The van der Waals surface area contributed by atoms with Gasteiger partial charge in [-0.2, -0.15) is 0 Å². The van der Waals surface area contributed by atoms with Crippen molar-refractivity contribution in [3.8, 4) is 0 Å². The fourth-order valence-electron chi connectivity index (χ4n) is 4.47. The first kappa shape index (κ1) is 27.9. The van der Waals surface area contributed by atoms with Gasteiger partial charge < -0.3 is 24.6 Å². The smallest absolute Gasteiger partial charge is 0.339 e. The maximum Gasteiger partial charge on any atom is 0.339 e. The first-order chi connectivity index (χ1) is 18.6. The lowest BCUT2D eigenvalue weighted by Gasteiger charge is -2.19. The molecule has 39 heavy (non-hydrogen) atoms. The predicted molar refractivity (Wildman–Crippen MR) is 147 cm³/mol. The topological polar surface area (TPSA) is 139 Å². The summed E-state index contributed by atoms with van der Waals surface area (Å²) in [6.07, 6.45) is 2.15. The molecule has 0 spiro atoms. The molecule has 4 aromatic rings. The Hall–Kier alpha value is -4.11. The molecule has 0 saturated heterocycles. The van der Waals surface area contributed by atoms with E-state index in [2.05, 4.69) is 10.6 Å². The molecule has 4 rings (SSSR count). The van der Waals surface area contributed by atoms with E-state index in [9.17, 15) is 19.2 Å². The number of halogens is 1. The van der Waals surface area contributed by atoms with E-state index in [1.165, 1.54) is 0 Å². The number of carbonyl (C=O) groups is 3. The summed E-state index contributed by atoms with van der Waals surface area (Å²) in [5, 5.41) is 16.5. The fraction of sp³-hybridized carbons (Fsp3) is 0.310. The third-order valence-electron chi connectivity index (χ3n) is 6.65. The number of carbonyl (C=O) groups excluding carboxylic acids is 2. The van der Waals surface area contributed by atoms with Crippen molar-refractivity contribution in [3.63, 3.8) is 0 Å². The Bertz CT molecular complexity index is 1590. The van der Waals surface area contributed by atoms with Crippen LogP contribution in [0.15, 0.2) is 56.3 Å². The van der Waals surface area contributed by atoms with E-state index >= 15 is 0 Å². The monoisotopic (exact) mass is 552 g/mol. The number of aliphatic carboxylic acids is 1. The number of hydrogen-bond donors (Lipinski definition) is 3. The van der Waals surface area contributed by atoms with Gasteiger partial charge in [-0.15, -0.1) is 0 Å². The van der Waals surface area contributed by atoms with Gasteiger partial charge in [0.05, 0.1) is 6.26 Å². The number of amides is 2. The molecule has 0 fully saturated rings. The van der Waals surface area contributed by atoms with Gasteiger partial charge in [0.2, 0.25) is 11.8 Å². The van der Waals surface area contributed by atoms with Crippen molar-refractivity contribution < 1.29 is 28.3 Å². The van der Waals surface area contributed by atoms with Crippen molar-refractivity contribution in [1.82, 2.24) is 10.6 Å². The van der Waals surface area contributed by atoms with Gasteiger partial charge in [0, 0.05) is 53.2 Å². The third kappa shape index (κ3) is 6.86. The summed E-state index contributed by atoms with van der Waals surface area (Å²) in [7, 11) is 0. The third-order valence-corrected chi connectivity index (χ3v) is 6.90. The number of carboxylic acid groups (broad SMARTS) is 1. The zero-order valence-corrected chi connectivity index (χ0v) is 22.4. The second kappa shape index (κ2) is 12.2. The number of aryl methyl sites for hydroxylation is 2.